The second-order valence-electron chi connectivity index (χ2n) is 5.88. The summed E-state index contributed by atoms with van der Waals surface area (Å²) >= 11 is 0. The molecule has 1 aliphatic rings. The van der Waals surface area contributed by atoms with Gasteiger partial charge in [-0.1, -0.05) is 12.1 Å². The fraction of sp³-hybridized carbons (Fsp3) is 0.158. The zero-order valence-corrected chi connectivity index (χ0v) is 13.0. The first-order chi connectivity index (χ1) is 11.7. The first-order valence-electron chi connectivity index (χ1n) is 7.89. The van der Waals surface area contributed by atoms with Gasteiger partial charge in [0.05, 0.1) is 11.3 Å². The highest BCUT2D eigenvalue weighted by Crippen LogP contribution is 2.31. The second-order valence-corrected chi connectivity index (χ2v) is 5.88. The molecular weight excluding hydrogens is 305 g/mol. The first-order valence-corrected chi connectivity index (χ1v) is 7.89. The van der Waals surface area contributed by atoms with Crippen LogP contribution in [0.4, 0.5) is 4.39 Å². The quantitative estimate of drug-likeness (QED) is 0.779. The van der Waals surface area contributed by atoms with Crippen molar-refractivity contribution in [3.63, 3.8) is 0 Å². The molecule has 2 N–H and O–H groups in total. The number of nitrogens with one attached hydrogen (secondary N) is 2. The van der Waals surface area contributed by atoms with Gasteiger partial charge in [-0.15, -0.1) is 0 Å². The molecule has 0 saturated carbocycles. The van der Waals surface area contributed by atoms with Crippen LogP contribution < -0.4 is 5.32 Å². The molecule has 4 nitrogen and oxygen atoms in total. The summed E-state index contributed by atoms with van der Waals surface area (Å²) in [6.07, 6.45) is 4.81. The Morgan fingerprint density at radius 3 is 2.58 bits per heavy atom. The molecule has 3 heterocycles. The van der Waals surface area contributed by atoms with Crippen molar-refractivity contribution in [1.82, 2.24) is 15.3 Å². The van der Waals surface area contributed by atoms with Gasteiger partial charge in [0.1, 0.15) is 5.82 Å². The third kappa shape index (κ3) is 2.58. The molecule has 0 unspecified atom stereocenters. The van der Waals surface area contributed by atoms with Crippen LogP contribution in [0.2, 0.25) is 0 Å². The molecule has 0 bridgehead atoms. The number of amides is 1. The number of benzene rings is 1. The van der Waals surface area contributed by atoms with Crippen LogP contribution in [-0.4, -0.2) is 22.4 Å². The predicted molar refractivity (Wildman–Crippen MR) is 89.3 cm³/mol. The van der Waals surface area contributed by atoms with Crippen LogP contribution in [0.1, 0.15) is 27.2 Å². The van der Waals surface area contributed by atoms with E-state index in [1.54, 1.807) is 24.5 Å². The first kappa shape index (κ1) is 14.6. The van der Waals surface area contributed by atoms with Crippen molar-refractivity contribution in [2.45, 2.75) is 12.8 Å². The van der Waals surface area contributed by atoms with E-state index >= 15 is 0 Å². The highest BCUT2D eigenvalue weighted by molar-refractivity contribution is 6.00. The number of carbonyl (C=O) groups excluding carboxylic acids is 1. The lowest BCUT2D eigenvalue weighted by atomic mass is 9.95. The number of pyridine rings is 1. The summed E-state index contributed by atoms with van der Waals surface area (Å²) in [7, 11) is 0. The van der Waals surface area contributed by atoms with Crippen molar-refractivity contribution in [1.29, 1.82) is 0 Å². The lowest BCUT2D eigenvalue weighted by molar-refractivity contribution is 0.0945. The average Bonchev–Trinajstić information content (AvgIpc) is 2.98. The number of fused-ring (bicyclic) bond motifs is 1. The lowest BCUT2D eigenvalue weighted by Crippen LogP contribution is -2.32. The molecule has 0 atom stereocenters. The standard InChI is InChI=1S/C19H16FN3O/c20-14-3-1-12(2-4-14)11-15-17-16(7-10-22-19(17)24)23-18(15)13-5-8-21-9-6-13/h1-6,8-9,23H,7,10-11H2,(H,22,24). The Morgan fingerprint density at radius 2 is 1.83 bits per heavy atom. The SMILES string of the molecule is O=C1NCCc2[nH]c(-c3ccncc3)c(Cc3ccc(F)cc3)c21. The molecule has 5 heteroatoms. The summed E-state index contributed by atoms with van der Waals surface area (Å²) in [6, 6.07) is 10.2. The smallest absolute Gasteiger partial charge is 0.253 e. The monoisotopic (exact) mass is 321 g/mol. The van der Waals surface area contributed by atoms with Crippen molar-refractivity contribution in [2.75, 3.05) is 6.54 Å². The molecule has 1 aromatic carbocycles. The number of H-pyrrole nitrogens is 1. The Kier molecular flexibility index (Phi) is 3.61. The van der Waals surface area contributed by atoms with E-state index in [9.17, 15) is 9.18 Å². The van der Waals surface area contributed by atoms with E-state index in [2.05, 4.69) is 15.3 Å². The summed E-state index contributed by atoms with van der Waals surface area (Å²) in [5.41, 5.74) is 5.51. The van der Waals surface area contributed by atoms with Gasteiger partial charge in [0, 0.05) is 43.0 Å². The van der Waals surface area contributed by atoms with Crippen LogP contribution in [-0.2, 0) is 12.8 Å². The van der Waals surface area contributed by atoms with Gasteiger partial charge in [-0.3, -0.25) is 9.78 Å². The number of carbonyl (C=O) groups is 1. The highest BCUT2D eigenvalue weighted by Gasteiger charge is 2.26. The predicted octanol–water partition coefficient (Wildman–Crippen LogP) is 3.09. The maximum absolute atomic E-state index is 13.2. The van der Waals surface area contributed by atoms with Gasteiger partial charge < -0.3 is 10.3 Å². The number of hydrogen-bond acceptors (Lipinski definition) is 2. The summed E-state index contributed by atoms with van der Waals surface area (Å²) in [4.78, 5) is 19.9. The minimum absolute atomic E-state index is 0.0510. The summed E-state index contributed by atoms with van der Waals surface area (Å²) in [5.74, 6) is -0.313. The Labute approximate surface area is 138 Å². The Bertz CT molecular complexity index is 885. The maximum Gasteiger partial charge on any atom is 0.253 e. The van der Waals surface area contributed by atoms with Crippen molar-refractivity contribution in [3.05, 3.63) is 77.0 Å². The number of aromatic amines is 1. The zero-order chi connectivity index (χ0) is 16.5. The van der Waals surface area contributed by atoms with E-state index in [-0.39, 0.29) is 11.7 Å². The van der Waals surface area contributed by atoms with Crippen molar-refractivity contribution >= 4 is 5.91 Å². The molecule has 0 saturated heterocycles. The van der Waals surface area contributed by atoms with Crippen LogP contribution in [0.3, 0.4) is 0 Å². The van der Waals surface area contributed by atoms with E-state index in [4.69, 9.17) is 0 Å². The normalized spacial score (nSPS) is 13.5. The number of aromatic nitrogens is 2. The van der Waals surface area contributed by atoms with E-state index in [1.165, 1.54) is 12.1 Å². The minimum atomic E-state index is -0.262. The molecule has 4 rings (SSSR count). The molecule has 1 aliphatic heterocycles. The van der Waals surface area contributed by atoms with Gasteiger partial charge in [0.2, 0.25) is 0 Å². The van der Waals surface area contributed by atoms with Crippen LogP contribution >= 0.6 is 0 Å². The average molecular weight is 321 g/mol. The van der Waals surface area contributed by atoms with E-state index in [1.807, 2.05) is 12.1 Å². The van der Waals surface area contributed by atoms with Crippen molar-refractivity contribution in [3.8, 4) is 11.3 Å². The van der Waals surface area contributed by atoms with Crippen molar-refractivity contribution in [2.24, 2.45) is 0 Å². The molecule has 1 amide bonds. The van der Waals surface area contributed by atoms with Crippen LogP contribution in [0.15, 0.2) is 48.8 Å². The van der Waals surface area contributed by atoms with Gasteiger partial charge in [0.15, 0.2) is 0 Å². The summed E-state index contributed by atoms with van der Waals surface area (Å²) in [5, 5.41) is 2.91. The maximum atomic E-state index is 13.2. The Hall–Kier alpha value is -2.95. The van der Waals surface area contributed by atoms with E-state index in [0.717, 1.165) is 40.1 Å². The summed E-state index contributed by atoms with van der Waals surface area (Å²) in [6.45, 7) is 0.637. The second kappa shape index (κ2) is 5.92. The minimum Gasteiger partial charge on any atom is -0.357 e. The number of halogens is 1. The number of hydrogen-bond donors (Lipinski definition) is 2. The molecule has 0 aliphatic carbocycles. The largest absolute Gasteiger partial charge is 0.357 e. The zero-order valence-electron chi connectivity index (χ0n) is 13.0. The molecule has 24 heavy (non-hydrogen) atoms. The molecule has 120 valence electrons. The third-order valence-corrected chi connectivity index (χ3v) is 4.33. The van der Waals surface area contributed by atoms with Crippen molar-refractivity contribution < 1.29 is 9.18 Å². The molecular formula is C19H16FN3O. The lowest BCUT2D eigenvalue weighted by Gasteiger charge is -2.14. The fourth-order valence-electron chi connectivity index (χ4n) is 3.20. The molecule has 3 aromatic rings. The van der Waals surface area contributed by atoms with Gasteiger partial charge >= 0.3 is 0 Å². The van der Waals surface area contributed by atoms with Gasteiger partial charge in [-0.25, -0.2) is 4.39 Å². The van der Waals surface area contributed by atoms with E-state index in [0.29, 0.717) is 13.0 Å². The van der Waals surface area contributed by atoms with Gasteiger partial charge in [-0.2, -0.15) is 0 Å². The molecule has 0 spiro atoms. The highest BCUT2D eigenvalue weighted by atomic mass is 19.1. The van der Waals surface area contributed by atoms with E-state index < -0.39 is 0 Å². The molecule has 0 fully saturated rings. The van der Waals surface area contributed by atoms with Crippen LogP contribution in [0.5, 0.6) is 0 Å². The van der Waals surface area contributed by atoms with Crippen LogP contribution in [0, 0.1) is 5.82 Å². The Balaban J connectivity index is 1.85. The van der Waals surface area contributed by atoms with Gasteiger partial charge in [0.25, 0.3) is 5.91 Å². The fourth-order valence-corrected chi connectivity index (χ4v) is 3.20. The van der Waals surface area contributed by atoms with Gasteiger partial charge in [-0.05, 0) is 35.4 Å². The topological polar surface area (TPSA) is 57.8 Å². The molecule has 2 aromatic heterocycles. The Morgan fingerprint density at radius 1 is 1.08 bits per heavy atom. The number of nitrogens with zero attached hydrogens (tertiary/aromatic N) is 1. The van der Waals surface area contributed by atoms with Crippen LogP contribution in [0.25, 0.3) is 11.3 Å². The molecule has 0 radical (unpaired) electrons. The third-order valence-electron chi connectivity index (χ3n) is 4.33. The number of rotatable bonds is 3. The summed E-state index contributed by atoms with van der Waals surface area (Å²) < 4.78 is 13.2.